The van der Waals surface area contributed by atoms with Crippen LogP contribution in [0.5, 0.6) is 0 Å². The molecule has 3 rings (SSSR count). The van der Waals surface area contributed by atoms with E-state index >= 15 is 0 Å². The van der Waals surface area contributed by atoms with Crippen molar-refractivity contribution in [1.82, 2.24) is 24.6 Å². The van der Waals surface area contributed by atoms with E-state index in [1.54, 1.807) is 16.8 Å². The van der Waals surface area contributed by atoms with Crippen LogP contribution in [-0.4, -0.2) is 51.8 Å². The monoisotopic (exact) mass is 314 g/mol. The molecule has 120 valence electrons. The molecule has 0 atom stereocenters. The highest BCUT2D eigenvalue weighted by atomic mass is 19.1. The average molecular weight is 314 g/mol. The van der Waals surface area contributed by atoms with Gasteiger partial charge in [-0.1, -0.05) is 6.07 Å². The van der Waals surface area contributed by atoms with Crippen LogP contribution in [0.3, 0.4) is 0 Å². The number of rotatable bonds is 5. The van der Waals surface area contributed by atoms with E-state index in [-0.39, 0.29) is 5.82 Å². The van der Waals surface area contributed by atoms with Crippen molar-refractivity contribution in [3.05, 3.63) is 42.1 Å². The minimum Gasteiger partial charge on any atom is -0.368 e. The van der Waals surface area contributed by atoms with Crippen molar-refractivity contribution in [1.29, 1.82) is 0 Å². The van der Waals surface area contributed by atoms with E-state index in [0.29, 0.717) is 11.3 Å². The molecule has 0 saturated heterocycles. The molecule has 0 aliphatic rings. The Hall–Kier alpha value is -2.54. The maximum absolute atomic E-state index is 13.5. The van der Waals surface area contributed by atoms with Gasteiger partial charge in [-0.05, 0) is 39.2 Å². The van der Waals surface area contributed by atoms with Crippen LogP contribution < -0.4 is 5.32 Å². The summed E-state index contributed by atoms with van der Waals surface area (Å²) in [6, 6.07) is 6.31. The quantitative estimate of drug-likeness (QED) is 0.782. The normalized spacial score (nSPS) is 11.3. The van der Waals surface area contributed by atoms with E-state index in [0.717, 1.165) is 30.0 Å². The number of hydrogen-bond acceptors (Lipinski definition) is 5. The van der Waals surface area contributed by atoms with Crippen molar-refractivity contribution in [2.24, 2.45) is 0 Å². The van der Waals surface area contributed by atoms with Gasteiger partial charge in [0, 0.05) is 13.1 Å². The van der Waals surface area contributed by atoms with Gasteiger partial charge in [0.25, 0.3) is 0 Å². The Morgan fingerprint density at radius 1 is 1.26 bits per heavy atom. The fraction of sp³-hybridized carbons (Fsp3) is 0.312. The zero-order valence-electron chi connectivity index (χ0n) is 13.4. The fourth-order valence-corrected chi connectivity index (χ4v) is 2.44. The molecule has 0 spiro atoms. The first kappa shape index (κ1) is 15.4. The molecule has 7 heteroatoms. The first-order valence-corrected chi connectivity index (χ1v) is 7.41. The summed E-state index contributed by atoms with van der Waals surface area (Å²) in [5, 5.41) is 8.67. The van der Waals surface area contributed by atoms with Gasteiger partial charge in [-0.25, -0.2) is 19.0 Å². The SMILES string of the molecule is Cc1nn(-c2cccc(F)c2)c2ncnc(NCCN(C)C)c12. The number of hydrogen-bond donors (Lipinski definition) is 1. The zero-order valence-corrected chi connectivity index (χ0v) is 13.4. The second kappa shape index (κ2) is 6.29. The number of benzene rings is 1. The Balaban J connectivity index is 2.03. The summed E-state index contributed by atoms with van der Waals surface area (Å²) in [5.41, 5.74) is 2.11. The first-order chi connectivity index (χ1) is 11.1. The smallest absolute Gasteiger partial charge is 0.168 e. The van der Waals surface area contributed by atoms with Gasteiger partial charge < -0.3 is 10.2 Å². The fourth-order valence-electron chi connectivity index (χ4n) is 2.44. The van der Waals surface area contributed by atoms with Crippen molar-refractivity contribution in [3.8, 4) is 5.69 Å². The van der Waals surface area contributed by atoms with Crippen LogP contribution >= 0.6 is 0 Å². The van der Waals surface area contributed by atoms with Crippen molar-refractivity contribution >= 4 is 16.9 Å². The van der Waals surface area contributed by atoms with Crippen LogP contribution in [0.25, 0.3) is 16.7 Å². The summed E-state index contributed by atoms with van der Waals surface area (Å²) in [5.74, 6) is 0.444. The molecule has 0 saturated carbocycles. The van der Waals surface area contributed by atoms with Gasteiger partial charge in [-0.3, -0.25) is 0 Å². The Labute approximate surface area is 134 Å². The van der Waals surface area contributed by atoms with Crippen molar-refractivity contribution in [2.45, 2.75) is 6.92 Å². The van der Waals surface area contributed by atoms with E-state index in [9.17, 15) is 4.39 Å². The second-order valence-electron chi connectivity index (χ2n) is 5.63. The molecule has 1 N–H and O–H groups in total. The maximum atomic E-state index is 13.5. The lowest BCUT2D eigenvalue weighted by atomic mass is 10.3. The number of aryl methyl sites for hydroxylation is 1. The summed E-state index contributed by atoms with van der Waals surface area (Å²) >= 11 is 0. The lowest BCUT2D eigenvalue weighted by molar-refractivity contribution is 0.425. The van der Waals surface area contributed by atoms with Gasteiger partial charge in [-0.2, -0.15) is 5.10 Å². The Bertz CT molecular complexity index is 827. The van der Waals surface area contributed by atoms with E-state index in [1.807, 2.05) is 21.0 Å². The number of aromatic nitrogens is 4. The third-order valence-corrected chi connectivity index (χ3v) is 3.54. The molecule has 2 aromatic heterocycles. The van der Waals surface area contributed by atoms with Crippen LogP contribution in [-0.2, 0) is 0 Å². The molecule has 0 radical (unpaired) electrons. The average Bonchev–Trinajstić information content (AvgIpc) is 2.85. The molecule has 0 aliphatic carbocycles. The van der Waals surface area contributed by atoms with Gasteiger partial charge in [-0.15, -0.1) is 0 Å². The second-order valence-corrected chi connectivity index (χ2v) is 5.63. The summed E-state index contributed by atoms with van der Waals surface area (Å²) < 4.78 is 15.1. The summed E-state index contributed by atoms with van der Waals surface area (Å²) in [6.45, 7) is 3.56. The maximum Gasteiger partial charge on any atom is 0.168 e. The molecule has 2 heterocycles. The van der Waals surface area contributed by atoms with Gasteiger partial charge in [0.05, 0.1) is 16.8 Å². The van der Waals surface area contributed by atoms with Crippen molar-refractivity contribution in [3.63, 3.8) is 0 Å². The van der Waals surface area contributed by atoms with E-state index in [4.69, 9.17) is 0 Å². The number of fused-ring (bicyclic) bond motifs is 1. The van der Waals surface area contributed by atoms with E-state index in [2.05, 4.69) is 25.3 Å². The summed E-state index contributed by atoms with van der Waals surface area (Å²) in [7, 11) is 4.04. The minimum atomic E-state index is -0.304. The lowest BCUT2D eigenvalue weighted by Gasteiger charge is -2.11. The number of nitrogens with one attached hydrogen (secondary N) is 1. The minimum absolute atomic E-state index is 0.304. The number of likely N-dealkylation sites (N-methyl/N-ethyl adjacent to an activating group) is 1. The molecule has 0 bridgehead atoms. The predicted octanol–water partition coefficient (Wildman–Crippen LogP) is 2.24. The number of nitrogens with zero attached hydrogens (tertiary/aromatic N) is 5. The molecule has 6 nitrogen and oxygen atoms in total. The van der Waals surface area contributed by atoms with Gasteiger partial charge in [0.1, 0.15) is 18.0 Å². The molecule has 0 aliphatic heterocycles. The van der Waals surface area contributed by atoms with Crippen LogP contribution in [0.15, 0.2) is 30.6 Å². The molecule has 0 unspecified atom stereocenters. The Kier molecular flexibility index (Phi) is 4.20. The van der Waals surface area contributed by atoms with Crippen LogP contribution in [0.4, 0.5) is 10.2 Å². The highest BCUT2D eigenvalue weighted by molar-refractivity contribution is 5.90. The standard InChI is InChI=1S/C16H19FN6/c1-11-14-15(18-7-8-22(2)3)19-10-20-16(14)23(21-11)13-6-4-5-12(17)9-13/h4-6,9-10H,7-8H2,1-3H3,(H,18,19,20). The number of halogens is 1. The van der Waals surface area contributed by atoms with Crippen LogP contribution in [0.1, 0.15) is 5.69 Å². The van der Waals surface area contributed by atoms with E-state index in [1.165, 1.54) is 18.5 Å². The van der Waals surface area contributed by atoms with E-state index < -0.39 is 0 Å². The Morgan fingerprint density at radius 3 is 2.83 bits per heavy atom. The molecule has 1 aromatic carbocycles. The zero-order chi connectivity index (χ0) is 16.4. The lowest BCUT2D eigenvalue weighted by Crippen LogP contribution is -2.21. The van der Waals surface area contributed by atoms with Gasteiger partial charge in [0.15, 0.2) is 5.65 Å². The molecule has 3 aromatic rings. The van der Waals surface area contributed by atoms with Crippen LogP contribution in [0, 0.1) is 12.7 Å². The van der Waals surface area contributed by atoms with Gasteiger partial charge >= 0.3 is 0 Å². The molecule has 0 fully saturated rings. The molecule has 23 heavy (non-hydrogen) atoms. The van der Waals surface area contributed by atoms with Crippen molar-refractivity contribution in [2.75, 3.05) is 32.5 Å². The first-order valence-electron chi connectivity index (χ1n) is 7.41. The predicted molar refractivity (Wildman–Crippen MR) is 88.4 cm³/mol. The molecular formula is C16H19FN6. The van der Waals surface area contributed by atoms with Crippen LogP contribution in [0.2, 0.25) is 0 Å². The highest BCUT2D eigenvalue weighted by Gasteiger charge is 2.15. The highest BCUT2D eigenvalue weighted by Crippen LogP contribution is 2.25. The van der Waals surface area contributed by atoms with Crippen molar-refractivity contribution < 1.29 is 4.39 Å². The molecule has 0 amide bonds. The third kappa shape index (κ3) is 3.14. The largest absolute Gasteiger partial charge is 0.368 e. The topological polar surface area (TPSA) is 58.9 Å². The third-order valence-electron chi connectivity index (χ3n) is 3.54. The summed E-state index contributed by atoms with van der Waals surface area (Å²) in [4.78, 5) is 10.7. The van der Waals surface area contributed by atoms with Gasteiger partial charge in [0.2, 0.25) is 0 Å². The molecular weight excluding hydrogens is 295 g/mol. The Morgan fingerprint density at radius 2 is 2.09 bits per heavy atom. The number of anilines is 1. The summed E-state index contributed by atoms with van der Waals surface area (Å²) in [6.07, 6.45) is 1.50.